The molecule has 2 aromatic heterocycles. The number of fused-ring (bicyclic) bond motifs is 1. The number of nitrogens with one attached hydrogen (secondary N) is 1. The fourth-order valence-electron chi connectivity index (χ4n) is 1.58. The molecule has 2 heteroatoms. The molecule has 0 amide bonds. The Morgan fingerprint density at radius 2 is 2.00 bits per heavy atom. The first-order valence-corrected chi connectivity index (χ1v) is 4.50. The van der Waals surface area contributed by atoms with E-state index in [0.29, 0.717) is 0 Å². The highest BCUT2D eigenvalue weighted by molar-refractivity contribution is 5.82. The zero-order chi connectivity index (χ0) is 9.47. The summed E-state index contributed by atoms with van der Waals surface area (Å²) in [4.78, 5) is 7.39. The molecule has 68 valence electrons. The van der Waals surface area contributed by atoms with Crippen molar-refractivity contribution in [2.45, 2.75) is 26.2 Å². The van der Waals surface area contributed by atoms with Gasteiger partial charge < -0.3 is 4.98 Å². The molecule has 2 heterocycles. The van der Waals surface area contributed by atoms with Crippen LogP contribution in [0.25, 0.3) is 10.9 Å². The molecule has 0 aliphatic carbocycles. The quantitative estimate of drug-likeness (QED) is 0.653. The zero-order valence-corrected chi connectivity index (χ0v) is 8.26. The van der Waals surface area contributed by atoms with E-state index in [0.717, 1.165) is 5.52 Å². The summed E-state index contributed by atoms with van der Waals surface area (Å²) in [6.07, 6.45) is 5.78. The van der Waals surface area contributed by atoms with E-state index >= 15 is 0 Å². The number of aromatic amines is 1. The summed E-state index contributed by atoms with van der Waals surface area (Å²) in [5.74, 6) is 0. The smallest absolute Gasteiger partial charge is 0.0643 e. The largest absolute Gasteiger partial charge is 0.360 e. The molecule has 0 fully saturated rings. The van der Waals surface area contributed by atoms with Gasteiger partial charge in [0, 0.05) is 17.8 Å². The fraction of sp³-hybridized carbons (Fsp3) is 0.364. The Kier molecular flexibility index (Phi) is 1.65. The normalized spacial score (nSPS) is 12.2. The highest BCUT2D eigenvalue weighted by Gasteiger charge is 2.16. The number of rotatable bonds is 0. The summed E-state index contributed by atoms with van der Waals surface area (Å²) < 4.78 is 0. The maximum Gasteiger partial charge on any atom is 0.0643 e. The average molecular weight is 174 g/mol. The molecule has 0 aliphatic heterocycles. The summed E-state index contributed by atoms with van der Waals surface area (Å²) >= 11 is 0. The standard InChI is InChI=1S/C11H14N2/c1-11(2,3)9-6-12-7-10-8(9)4-5-13-10/h4-7,13H,1-3H3. The third kappa shape index (κ3) is 1.32. The molecule has 0 aromatic carbocycles. The second-order valence-corrected chi connectivity index (χ2v) is 4.38. The first kappa shape index (κ1) is 8.30. The van der Waals surface area contributed by atoms with E-state index in [1.165, 1.54) is 10.9 Å². The van der Waals surface area contributed by atoms with Gasteiger partial charge >= 0.3 is 0 Å². The number of pyridine rings is 1. The van der Waals surface area contributed by atoms with E-state index in [1.54, 1.807) is 0 Å². The van der Waals surface area contributed by atoms with Crippen LogP contribution in [0.2, 0.25) is 0 Å². The van der Waals surface area contributed by atoms with Gasteiger partial charge in [-0.05, 0) is 17.0 Å². The number of aromatic nitrogens is 2. The van der Waals surface area contributed by atoms with Crippen LogP contribution < -0.4 is 0 Å². The lowest BCUT2D eigenvalue weighted by Gasteiger charge is -2.19. The van der Waals surface area contributed by atoms with E-state index < -0.39 is 0 Å². The van der Waals surface area contributed by atoms with Crippen molar-refractivity contribution in [3.8, 4) is 0 Å². The molecule has 0 bridgehead atoms. The number of H-pyrrole nitrogens is 1. The Balaban J connectivity index is 2.75. The van der Waals surface area contributed by atoms with Gasteiger partial charge in [0.15, 0.2) is 0 Å². The Morgan fingerprint density at radius 3 is 2.69 bits per heavy atom. The van der Waals surface area contributed by atoms with Crippen LogP contribution in [0.1, 0.15) is 26.3 Å². The molecule has 0 saturated carbocycles. The lowest BCUT2D eigenvalue weighted by atomic mass is 9.86. The fourth-order valence-corrected chi connectivity index (χ4v) is 1.58. The van der Waals surface area contributed by atoms with Gasteiger partial charge in [-0.15, -0.1) is 0 Å². The summed E-state index contributed by atoms with van der Waals surface area (Å²) in [5.41, 5.74) is 2.58. The molecule has 2 nitrogen and oxygen atoms in total. The first-order chi connectivity index (χ1) is 6.09. The molecular formula is C11H14N2. The van der Waals surface area contributed by atoms with Crippen LogP contribution in [0.15, 0.2) is 24.7 Å². The minimum Gasteiger partial charge on any atom is -0.360 e. The molecule has 0 radical (unpaired) electrons. The minimum absolute atomic E-state index is 0.161. The molecular weight excluding hydrogens is 160 g/mol. The van der Waals surface area contributed by atoms with E-state index in [-0.39, 0.29) is 5.41 Å². The van der Waals surface area contributed by atoms with Crippen LogP contribution in [-0.4, -0.2) is 9.97 Å². The van der Waals surface area contributed by atoms with Gasteiger partial charge in [0.25, 0.3) is 0 Å². The molecule has 0 atom stereocenters. The van der Waals surface area contributed by atoms with Crippen molar-refractivity contribution in [2.24, 2.45) is 0 Å². The Bertz CT molecular complexity index is 421. The van der Waals surface area contributed by atoms with Gasteiger partial charge in [-0.3, -0.25) is 4.98 Å². The highest BCUT2D eigenvalue weighted by Crippen LogP contribution is 2.28. The predicted molar refractivity (Wildman–Crippen MR) is 54.8 cm³/mol. The second-order valence-electron chi connectivity index (χ2n) is 4.38. The van der Waals surface area contributed by atoms with E-state index in [2.05, 4.69) is 36.8 Å². The summed E-state index contributed by atoms with van der Waals surface area (Å²) in [6.45, 7) is 6.61. The third-order valence-electron chi connectivity index (χ3n) is 2.28. The van der Waals surface area contributed by atoms with Crippen molar-refractivity contribution in [3.63, 3.8) is 0 Å². The Hall–Kier alpha value is -1.31. The molecule has 1 N–H and O–H groups in total. The van der Waals surface area contributed by atoms with Crippen molar-refractivity contribution >= 4 is 10.9 Å². The van der Waals surface area contributed by atoms with Crippen LogP contribution in [0.3, 0.4) is 0 Å². The van der Waals surface area contributed by atoms with E-state index in [4.69, 9.17) is 0 Å². The van der Waals surface area contributed by atoms with Crippen molar-refractivity contribution in [1.82, 2.24) is 9.97 Å². The predicted octanol–water partition coefficient (Wildman–Crippen LogP) is 2.86. The molecule has 0 aliphatic rings. The lowest BCUT2D eigenvalue weighted by molar-refractivity contribution is 0.593. The second kappa shape index (κ2) is 2.59. The van der Waals surface area contributed by atoms with Crippen molar-refractivity contribution in [3.05, 3.63) is 30.2 Å². The van der Waals surface area contributed by atoms with Crippen molar-refractivity contribution in [1.29, 1.82) is 0 Å². The highest BCUT2D eigenvalue weighted by atomic mass is 14.7. The number of hydrogen-bond acceptors (Lipinski definition) is 1. The van der Waals surface area contributed by atoms with Crippen molar-refractivity contribution in [2.75, 3.05) is 0 Å². The molecule has 0 spiro atoms. The first-order valence-electron chi connectivity index (χ1n) is 4.50. The molecule has 13 heavy (non-hydrogen) atoms. The number of nitrogens with zero attached hydrogens (tertiary/aromatic N) is 1. The molecule has 2 rings (SSSR count). The van der Waals surface area contributed by atoms with Crippen LogP contribution in [0.4, 0.5) is 0 Å². The maximum atomic E-state index is 4.22. The number of hydrogen-bond donors (Lipinski definition) is 1. The average Bonchev–Trinajstić information content (AvgIpc) is 2.48. The minimum atomic E-state index is 0.161. The summed E-state index contributed by atoms with van der Waals surface area (Å²) in [7, 11) is 0. The molecule has 2 aromatic rings. The van der Waals surface area contributed by atoms with Crippen molar-refractivity contribution < 1.29 is 0 Å². The van der Waals surface area contributed by atoms with E-state index in [1.807, 2.05) is 18.6 Å². The van der Waals surface area contributed by atoms with Gasteiger partial charge in [-0.2, -0.15) is 0 Å². The molecule has 0 saturated heterocycles. The van der Waals surface area contributed by atoms with Gasteiger partial charge in [-0.1, -0.05) is 20.8 Å². The zero-order valence-electron chi connectivity index (χ0n) is 8.26. The summed E-state index contributed by atoms with van der Waals surface area (Å²) in [6, 6.07) is 2.11. The van der Waals surface area contributed by atoms with Gasteiger partial charge in [0.1, 0.15) is 0 Å². The van der Waals surface area contributed by atoms with Crippen LogP contribution in [-0.2, 0) is 5.41 Å². The SMILES string of the molecule is CC(C)(C)c1cncc2[nH]ccc12. The summed E-state index contributed by atoms with van der Waals surface area (Å²) in [5, 5.41) is 1.28. The van der Waals surface area contributed by atoms with Gasteiger partial charge in [0.05, 0.1) is 11.7 Å². The van der Waals surface area contributed by atoms with Gasteiger partial charge in [0.2, 0.25) is 0 Å². The van der Waals surface area contributed by atoms with Gasteiger partial charge in [-0.25, -0.2) is 0 Å². The van der Waals surface area contributed by atoms with Crippen LogP contribution >= 0.6 is 0 Å². The van der Waals surface area contributed by atoms with E-state index in [9.17, 15) is 0 Å². The topological polar surface area (TPSA) is 28.7 Å². The molecule has 0 unspecified atom stereocenters. The van der Waals surface area contributed by atoms with Crippen LogP contribution in [0.5, 0.6) is 0 Å². The maximum absolute atomic E-state index is 4.22. The Labute approximate surface area is 78.0 Å². The monoisotopic (exact) mass is 174 g/mol. The Morgan fingerprint density at radius 1 is 1.23 bits per heavy atom. The van der Waals surface area contributed by atoms with Crippen LogP contribution in [0, 0.1) is 0 Å². The third-order valence-corrected chi connectivity index (χ3v) is 2.28. The lowest BCUT2D eigenvalue weighted by Crippen LogP contribution is -2.11.